The van der Waals surface area contributed by atoms with E-state index in [2.05, 4.69) is 54.5 Å². The Kier molecular flexibility index (Phi) is 9.32. The number of benzene rings is 1. The summed E-state index contributed by atoms with van der Waals surface area (Å²) in [6.07, 6.45) is 9.05. The van der Waals surface area contributed by atoms with Crippen LogP contribution in [0.4, 0.5) is 0 Å². The topological polar surface area (TPSA) is 87.9 Å². The van der Waals surface area contributed by atoms with Gasteiger partial charge in [-0.3, -0.25) is 0 Å². The molecule has 1 saturated heterocycles. The Morgan fingerprint density at radius 3 is 2.52 bits per heavy atom. The second-order valence-corrected chi connectivity index (χ2v) is 9.51. The van der Waals surface area contributed by atoms with Crippen molar-refractivity contribution in [1.82, 2.24) is 10.3 Å². The predicted molar refractivity (Wildman–Crippen MR) is 130 cm³/mol. The molecule has 0 amide bonds. The largest absolute Gasteiger partial charge is 0.392 e. The van der Waals surface area contributed by atoms with Gasteiger partial charge in [-0.15, -0.1) is 5.43 Å². The summed E-state index contributed by atoms with van der Waals surface area (Å²) >= 11 is 0. The van der Waals surface area contributed by atoms with E-state index in [9.17, 15) is 15.2 Å². The first-order valence-electron chi connectivity index (χ1n) is 12.2. The quantitative estimate of drug-likeness (QED) is 0.307. The zero-order valence-electron chi connectivity index (χ0n) is 20.2. The van der Waals surface area contributed by atoms with Gasteiger partial charge >= 0.3 is 0 Å². The van der Waals surface area contributed by atoms with E-state index in [1.54, 1.807) is 0 Å². The van der Waals surface area contributed by atoms with Crippen LogP contribution in [0, 0.1) is 16.0 Å². The van der Waals surface area contributed by atoms with Gasteiger partial charge in [0.25, 0.3) is 0 Å². The van der Waals surface area contributed by atoms with Crippen LogP contribution < -0.4 is 5.43 Å². The van der Waals surface area contributed by atoms with Gasteiger partial charge in [-0.2, -0.15) is 0 Å². The van der Waals surface area contributed by atoms with Gasteiger partial charge in [0.15, 0.2) is 5.03 Å². The van der Waals surface area contributed by atoms with Crippen molar-refractivity contribution in [2.24, 2.45) is 5.92 Å². The molecule has 2 aliphatic rings. The Balaban J connectivity index is 1.67. The number of hydrazine groups is 1. The Hall–Kier alpha value is -2.38. The van der Waals surface area contributed by atoms with E-state index in [0.717, 1.165) is 43.5 Å². The van der Waals surface area contributed by atoms with Crippen LogP contribution in [0.25, 0.3) is 0 Å². The van der Waals surface area contributed by atoms with Gasteiger partial charge in [-0.25, -0.2) is 10.1 Å². The third kappa shape index (κ3) is 6.81. The Morgan fingerprint density at radius 1 is 1.24 bits per heavy atom. The lowest BCUT2D eigenvalue weighted by Gasteiger charge is -2.35. The highest BCUT2D eigenvalue weighted by atomic mass is 16.7. The number of aliphatic hydroxyl groups excluding tert-OH is 1. The fraction of sp³-hybridized carbons (Fsp3) is 0.615. The van der Waals surface area contributed by atoms with Crippen molar-refractivity contribution in [1.29, 1.82) is 0 Å². The zero-order valence-corrected chi connectivity index (χ0v) is 20.2. The predicted octanol–water partition coefficient (Wildman–Crippen LogP) is 4.43. The Labute approximate surface area is 197 Å². The van der Waals surface area contributed by atoms with Crippen molar-refractivity contribution in [2.45, 2.75) is 77.0 Å². The maximum atomic E-state index is 11.2. The van der Waals surface area contributed by atoms with E-state index in [-0.39, 0.29) is 30.7 Å². The molecule has 1 heterocycles. The first-order valence-corrected chi connectivity index (χ1v) is 12.2. The van der Waals surface area contributed by atoms with E-state index in [4.69, 9.17) is 4.74 Å². The lowest BCUT2D eigenvalue weighted by atomic mass is 9.83. The number of nitrogens with zero attached hydrogens (tertiary/aromatic N) is 2. The monoisotopic (exact) mass is 457 g/mol. The molecule has 1 aliphatic heterocycles. The lowest BCUT2D eigenvalue weighted by molar-refractivity contribution is -0.551. The van der Waals surface area contributed by atoms with Crippen LogP contribution in [0.15, 0.2) is 53.8 Å². The minimum Gasteiger partial charge on any atom is -0.392 e. The molecule has 2 N–H and O–H groups in total. The number of nitro groups is 1. The third-order valence-electron chi connectivity index (χ3n) is 7.07. The molecule has 7 heteroatoms. The molecule has 1 aliphatic carbocycles. The number of rotatable bonds is 10. The molecular weight excluding hydrogens is 418 g/mol. The first kappa shape index (κ1) is 25.2. The van der Waals surface area contributed by atoms with Crippen LogP contribution in [0.1, 0.15) is 64.4 Å². The van der Waals surface area contributed by atoms with Crippen molar-refractivity contribution in [3.63, 3.8) is 0 Å². The average Bonchev–Trinajstić information content (AvgIpc) is 3.20. The van der Waals surface area contributed by atoms with Gasteiger partial charge in [0.2, 0.25) is 0 Å². The molecule has 2 atom stereocenters. The number of allylic oxidation sites excluding steroid dienone is 2. The third-order valence-corrected chi connectivity index (χ3v) is 7.07. The van der Waals surface area contributed by atoms with E-state index in [0.29, 0.717) is 18.9 Å². The normalized spacial score (nSPS) is 26.6. The second kappa shape index (κ2) is 12.2. The molecule has 0 aromatic heterocycles. The number of hydrogen-bond donors (Lipinski definition) is 2. The molecule has 7 nitrogen and oxygen atoms in total. The molecule has 1 aromatic rings. The van der Waals surface area contributed by atoms with Gasteiger partial charge in [-0.05, 0) is 68.1 Å². The van der Waals surface area contributed by atoms with Gasteiger partial charge < -0.3 is 14.7 Å². The molecular formula is C26H39N3O4. The molecule has 0 bridgehead atoms. The van der Waals surface area contributed by atoms with Crippen LogP contribution in [-0.2, 0) is 4.74 Å². The number of hydrogen-bond acceptors (Lipinski definition) is 5. The molecule has 2 fully saturated rings. The molecule has 0 spiro atoms. The average molecular weight is 458 g/mol. The van der Waals surface area contributed by atoms with Crippen LogP contribution >= 0.6 is 0 Å². The fourth-order valence-corrected chi connectivity index (χ4v) is 5.18. The minimum absolute atomic E-state index is 0.0248. The Morgan fingerprint density at radius 2 is 1.94 bits per heavy atom. The van der Waals surface area contributed by atoms with Crippen LogP contribution in [0.2, 0.25) is 0 Å². The molecule has 2 unspecified atom stereocenters. The highest BCUT2D eigenvalue weighted by Crippen LogP contribution is 2.35. The summed E-state index contributed by atoms with van der Waals surface area (Å²) in [6, 6.07) is 10.3. The van der Waals surface area contributed by atoms with E-state index in [1.807, 2.05) is 19.1 Å². The molecule has 3 rings (SSSR count). The zero-order chi connectivity index (χ0) is 23.8. The molecule has 1 aromatic carbocycles. The van der Waals surface area contributed by atoms with Gasteiger partial charge in [0, 0.05) is 12.2 Å². The van der Waals surface area contributed by atoms with Gasteiger partial charge in [-0.1, -0.05) is 50.3 Å². The highest BCUT2D eigenvalue weighted by molar-refractivity contribution is 5.25. The molecule has 182 valence electrons. The second-order valence-electron chi connectivity index (χ2n) is 9.51. The highest BCUT2D eigenvalue weighted by Gasteiger charge is 2.39. The lowest BCUT2D eigenvalue weighted by Crippen LogP contribution is -2.48. The molecule has 33 heavy (non-hydrogen) atoms. The van der Waals surface area contributed by atoms with E-state index in [1.165, 1.54) is 5.56 Å². The van der Waals surface area contributed by atoms with Crippen molar-refractivity contribution in [3.8, 4) is 0 Å². The smallest absolute Gasteiger partial charge is 0.157 e. The van der Waals surface area contributed by atoms with Gasteiger partial charge in [0.1, 0.15) is 6.04 Å². The minimum atomic E-state index is -0.434. The fourth-order valence-electron chi connectivity index (χ4n) is 5.18. The number of nitrogens with one attached hydrogen (secondary N) is 1. The standard InChI is InChI=1S/C26H39N3O4/c1-4-20(17-30)16-25(19(2)3)28-15-14-24(27-29(31)32)26(28)18-33-23-12-10-22(11-13-23)21-8-6-5-7-9-21/h4-9,16,19,22-24,26-27,30H,10-15,17-18H2,1-3H3/b20-4+,25-16+. The van der Waals surface area contributed by atoms with Crippen LogP contribution in [0.5, 0.6) is 0 Å². The molecule has 0 radical (unpaired) electrons. The maximum Gasteiger partial charge on any atom is 0.157 e. The maximum absolute atomic E-state index is 11.2. The number of likely N-dealkylation sites (tertiary alicyclic amines) is 1. The summed E-state index contributed by atoms with van der Waals surface area (Å²) in [4.78, 5) is 13.5. The summed E-state index contributed by atoms with van der Waals surface area (Å²) in [5.41, 5.74) is 5.87. The van der Waals surface area contributed by atoms with Crippen molar-refractivity contribution in [2.75, 3.05) is 19.8 Å². The van der Waals surface area contributed by atoms with Crippen LogP contribution in [0.3, 0.4) is 0 Å². The summed E-state index contributed by atoms with van der Waals surface area (Å²) in [5.74, 6) is 0.816. The summed E-state index contributed by atoms with van der Waals surface area (Å²) in [7, 11) is 0. The molecule has 1 saturated carbocycles. The number of ether oxygens (including phenoxy) is 1. The van der Waals surface area contributed by atoms with Crippen LogP contribution in [-0.4, -0.2) is 53.0 Å². The SMILES string of the molecule is C/C=C(\C=C(/C(C)C)N1CCC(N[N+](=O)[O-])C1COC1CCC(c2ccccc2)CC1)CO. The van der Waals surface area contributed by atoms with Crippen molar-refractivity contribution >= 4 is 0 Å². The summed E-state index contributed by atoms with van der Waals surface area (Å²) < 4.78 is 6.39. The summed E-state index contributed by atoms with van der Waals surface area (Å²) in [5, 5.41) is 20.5. The number of aliphatic hydroxyl groups is 1. The first-order chi connectivity index (χ1) is 15.9. The van der Waals surface area contributed by atoms with Crippen molar-refractivity contribution in [3.05, 3.63) is 69.4 Å². The van der Waals surface area contributed by atoms with Gasteiger partial charge in [0.05, 0.1) is 25.4 Å². The Bertz CT molecular complexity index is 816. The van der Waals surface area contributed by atoms with Crippen molar-refractivity contribution < 1.29 is 14.9 Å². The van der Waals surface area contributed by atoms with E-state index < -0.39 is 5.03 Å². The van der Waals surface area contributed by atoms with E-state index >= 15 is 0 Å². The summed E-state index contributed by atoms with van der Waals surface area (Å²) in [6.45, 7) is 7.31.